The van der Waals surface area contributed by atoms with Crippen molar-refractivity contribution >= 4 is 66.5 Å². The molecule has 206 valence electrons. The third-order valence-electron chi connectivity index (χ3n) is 6.63. The number of thiophene rings is 1. The summed E-state index contributed by atoms with van der Waals surface area (Å²) in [6.45, 7) is 0. The van der Waals surface area contributed by atoms with Crippen LogP contribution in [-0.4, -0.2) is 26.2 Å². The summed E-state index contributed by atoms with van der Waals surface area (Å²) >= 11 is 4.42. The van der Waals surface area contributed by atoms with E-state index >= 15 is 0 Å². The fourth-order valence-corrected chi connectivity index (χ4v) is 7.55. The van der Waals surface area contributed by atoms with Gasteiger partial charge in [-0.1, -0.05) is 54.2 Å². The first-order chi connectivity index (χ1) is 20.6. The number of thioether (sulfide) groups is 1. The van der Waals surface area contributed by atoms with Gasteiger partial charge in [-0.3, -0.25) is 14.2 Å². The minimum Gasteiger partial charge on any atom is -0.464 e. The van der Waals surface area contributed by atoms with E-state index in [4.69, 9.17) is 14.4 Å². The molecular weight excluding hydrogens is 585 g/mol. The Morgan fingerprint density at radius 1 is 0.952 bits per heavy atom. The number of benzene rings is 3. The Kier molecular flexibility index (Phi) is 7.16. The van der Waals surface area contributed by atoms with E-state index in [0.29, 0.717) is 38.3 Å². The van der Waals surface area contributed by atoms with Crippen LogP contribution >= 0.6 is 34.4 Å². The van der Waals surface area contributed by atoms with Gasteiger partial charge in [0.05, 0.1) is 27.6 Å². The monoisotopic (exact) mass is 606 g/mol. The van der Waals surface area contributed by atoms with E-state index in [-0.39, 0.29) is 17.9 Å². The van der Waals surface area contributed by atoms with Gasteiger partial charge in [-0.05, 0) is 48.5 Å². The van der Waals surface area contributed by atoms with E-state index < -0.39 is 0 Å². The van der Waals surface area contributed by atoms with E-state index in [0.717, 1.165) is 26.4 Å². The molecule has 0 fully saturated rings. The predicted octanol–water partition coefficient (Wildman–Crippen LogP) is 8.10. The maximum absolute atomic E-state index is 13.9. The molecule has 0 bridgehead atoms. The van der Waals surface area contributed by atoms with Crippen LogP contribution in [0.1, 0.15) is 6.42 Å². The van der Waals surface area contributed by atoms with Crippen molar-refractivity contribution < 1.29 is 9.21 Å². The highest BCUT2D eigenvalue weighted by molar-refractivity contribution is 7.99. The number of furan rings is 1. The molecule has 4 heterocycles. The minimum atomic E-state index is -0.169. The van der Waals surface area contributed by atoms with Gasteiger partial charge in [-0.15, -0.1) is 22.7 Å². The third kappa shape index (κ3) is 5.16. The third-order valence-corrected chi connectivity index (χ3v) is 9.52. The van der Waals surface area contributed by atoms with Crippen LogP contribution in [0.25, 0.3) is 48.0 Å². The molecule has 1 N–H and O–H groups in total. The molecule has 0 atom stereocenters. The number of rotatable bonds is 8. The second-order valence-corrected chi connectivity index (χ2v) is 12.3. The molecule has 1 amide bonds. The van der Waals surface area contributed by atoms with Crippen molar-refractivity contribution in [2.45, 2.75) is 11.6 Å². The number of amides is 1. The smallest absolute Gasteiger partial charge is 0.268 e. The van der Waals surface area contributed by atoms with Gasteiger partial charge in [0.1, 0.15) is 15.6 Å². The largest absolute Gasteiger partial charge is 0.464 e. The highest BCUT2D eigenvalue weighted by Gasteiger charge is 2.20. The van der Waals surface area contributed by atoms with Gasteiger partial charge in [-0.2, -0.15) is 0 Å². The van der Waals surface area contributed by atoms with Gasteiger partial charge in [0.25, 0.3) is 5.56 Å². The first kappa shape index (κ1) is 26.4. The Morgan fingerprint density at radius 2 is 1.81 bits per heavy atom. The SMILES string of the molecule is O=C(CCSc1nc2scc(-c3ccco3)c2c(=O)n1-c1ccccc1)Nc1cccc(-c2nc3ccccc3s2)c1. The fraction of sp³-hybridized carbons (Fsp3) is 0.0625. The first-order valence-electron chi connectivity index (χ1n) is 13.2. The molecule has 0 aliphatic heterocycles. The molecule has 0 saturated heterocycles. The molecule has 0 spiro atoms. The molecule has 7 rings (SSSR count). The number of nitrogens with one attached hydrogen (secondary N) is 1. The maximum Gasteiger partial charge on any atom is 0.268 e. The number of para-hydroxylation sites is 2. The number of hydrogen-bond acceptors (Lipinski definition) is 8. The second kappa shape index (κ2) is 11.4. The summed E-state index contributed by atoms with van der Waals surface area (Å²) in [6, 6.07) is 28.8. The van der Waals surface area contributed by atoms with Crippen molar-refractivity contribution in [3.8, 4) is 27.6 Å². The van der Waals surface area contributed by atoms with E-state index in [2.05, 4.69) is 11.4 Å². The lowest BCUT2D eigenvalue weighted by atomic mass is 10.2. The number of aromatic nitrogens is 3. The molecule has 4 aromatic heterocycles. The molecule has 10 heteroatoms. The number of hydrogen-bond donors (Lipinski definition) is 1. The normalized spacial score (nSPS) is 11.3. The first-order valence-corrected chi connectivity index (χ1v) is 15.8. The lowest BCUT2D eigenvalue weighted by Gasteiger charge is -2.12. The molecule has 7 aromatic rings. The topological polar surface area (TPSA) is 90.0 Å². The quantitative estimate of drug-likeness (QED) is 0.139. The Bertz CT molecular complexity index is 2060. The molecule has 0 saturated carbocycles. The van der Waals surface area contributed by atoms with Crippen LogP contribution < -0.4 is 10.9 Å². The van der Waals surface area contributed by atoms with Crippen LogP contribution in [0.3, 0.4) is 0 Å². The summed E-state index contributed by atoms with van der Waals surface area (Å²) in [5, 5.41) is 6.88. The van der Waals surface area contributed by atoms with Crippen molar-refractivity contribution in [1.82, 2.24) is 14.5 Å². The zero-order valence-electron chi connectivity index (χ0n) is 22.0. The average Bonchev–Trinajstić information content (AvgIpc) is 3.78. The number of fused-ring (bicyclic) bond motifs is 2. The lowest BCUT2D eigenvalue weighted by molar-refractivity contribution is -0.115. The summed E-state index contributed by atoms with van der Waals surface area (Å²) in [6.07, 6.45) is 1.84. The summed E-state index contributed by atoms with van der Waals surface area (Å²) in [7, 11) is 0. The van der Waals surface area contributed by atoms with Crippen LogP contribution in [0.4, 0.5) is 5.69 Å². The Balaban J connectivity index is 1.10. The molecular formula is C32H22N4O3S3. The Hall–Kier alpha value is -4.51. The van der Waals surface area contributed by atoms with E-state index in [1.54, 1.807) is 28.2 Å². The minimum absolute atomic E-state index is 0.116. The van der Waals surface area contributed by atoms with E-state index in [1.807, 2.05) is 84.2 Å². The zero-order valence-corrected chi connectivity index (χ0v) is 24.5. The Labute approximate surface area is 252 Å². The van der Waals surface area contributed by atoms with Crippen LogP contribution in [0.15, 0.2) is 117 Å². The van der Waals surface area contributed by atoms with Gasteiger partial charge in [0.2, 0.25) is 5.91 Å². The predicted molar refractivity (Wildman–Crippen MR) is 172 cm³/mol. The van der Waals surface area contributed by atoms with Gasteiger partial charge in [0, 0.05) is 34.4 Å². The molecule has 7 nitrogen and oxygen atoms in total. The summed E-state index contributed by atoms with van der Waals surface area (Å²) in [5.41, 5.74) is 3.91. The van der Waals surface area contributed by atoms with E-state index in [9.17, 15) is 9.59 Å². The van der Waals surface area contributed by atoms with Gasteiger partial charge in [-0.25, -0.2) is 9.97 Å². The summed E-state index contributed by atoms with van der Waals surface area (Å²) in [4.78, 5) is 37.0. The van der Waals surface area contributed by atoms with Crippen LogP contribution in [-0.2, 0) is 4.79 Å². The van der Waals surface area contributed by atoms with Crippen LogP contribution in [0.5, 0.6) is 0 Å². The Morgan fingerprint density at radius 3 is 2.64 bits per heavy atom. The average molecular weight is 607 g/mol. The van der Waals surface area contributed by atoms with Gasteiger partial charge in [0.15, 0.2) is 5.16 Å². The number of carbonyl (C=O) groups excluding carboxylic acids is 1. The second-order valence-electron chi connectivity index (χ2n) is 9.39. The summed E-state index contributed by atoms with van der Waals surface area (Å²) in [5.74, 6) is 0.962. The lowest BCUT2D eigenvalue weighted by Crippen LogP contribution is -2.21. The standard InChI is InChI=1S/C32H22N4O3S3/c37-27(33-21-9-6-8-20(18-21)29-34-24-12-4-5-14-26(24)42-29)15-17-40-32-35-30-28(23(19-41-30)25-13-7-16-39-25)31(38)36(32)22-10-2-1-3-11-22/h1-14,16,18-19H,15,17H2,(H,33,37). The van der Waals surface area contributed by atoms with Crippen molar-refractivity contribution in [2.24, 2.45) is 0 Å². The molecule has 0 aliphatic rings. The number of nitrogens with zero attached hydrogens (tertiary/aromatic N) is 3. The summed E-state index contributed by atoms with van der Waals surface area (Å²) < 4.78 is 8.32. The fourth-order valence-electron chi connectivity index (χ4n) is 4.67. The van der Waals surface area contributed by atoms with Crippen molar-refractivity contribution in [3.63, 3.8) is 0 Å². The highest BCUT2D eigenvalue weighted by atomic mass is 32.2. The van der Waals surface area contributed by atoms with Crippen LogP contribution in [0, 0.1) is 0 Å². The molecule has 3 aromatic carbocycles. The van der Waals surface area contributed by atoms with Crippen molar-refractivity contribution in [1.29, 1.82) is 0 Å². The highest BCUT2D eigenvalue weighted by Crippen LogP contribution is 2.34. The molecule has 0 unspecified atom stereocenters. The number of thiazole rings is 1. The molecule has 42 heavy (non-hydrogen) atoms. The van der Waals surface area contributed by atoms with Gasteiger partial charge >= 0.3 is 0 Å². The van der Waals surface area contributed by atoms with Crippen molar-refractivity contribution in [3.05, 3.63) is 113 Å². The number of anilines is 1. The molecule has 0 aliphatic carbocycles. The number of carbonyl (C=O) groups is 1. The van der Waals surface area contributed by atoms with E-state index in [1.165, 1.54) is 23.1 Å². The van der Waals surface area contributed by atoms with Crippen molar-refractivity contribution in [2.75, 3.05) is 11.1 Å². The maximum atomic E-state index is 13.9. The zero-order chi connectivity index (χ0) is 28.5. The molecule has 0 radical (unpaired) electrons. The van der Waals surface area contributed by atoms with Crippen LogP contribution in [0.2, 0.25) is 0 Å². The van der Waals surface area contributed by atoms with Gasteiger partial charge < -0.3 is 9.73 Å².